The van der Waals surface area contributed by atoms with Gasteiger partial charge in [-0.25, -0.2) is 4.99 Å². The van der Waals surface area contributed by atoms with E-state index in [0.717, 1.165) is 35.4 Å². The Bertz CT molecular complexity index is 1400. The maximum absolute atomic E-state index is 13.6. The summed E-state index contributed by atoms with van der Waals surface area (Å²) in [5.41, 5.74) is 4.28. The van der Waals surface area contributed by atoms with Crippen LogP contribution in [0.5, 0.6) is 11.5 Å². The van der Waals surface area contributed by atoms with Crippen molar-refractivity contribution in [2.75, 3.05) is 0 Å². The molecule has 0 radical (unpaired) electrons. The van der Waals surface area contributed by atoms with Gasteiger partial charge in [0, 0.05) is 17.7 Å². The number of rotatable bonds is 5. The minimum atomic E-state index is -0.235. The Kier molecular flexibility index (Phi) is 6.38. The third-order valence-electron chi connectivity index (χ3n) is 6.03. The molecule has 180 valence electrons. The van der Waals surface area contributed by atoms with E-state index in [9.17, 15) is 4.79 Å². The molecule has 0 aromatic heterocycles. The summed E-state index contributed by atoms with van der Waals surface area (Å²) < 4.78 is 5.96. The monoisotopic (exact) mass is 475 g/mol. The topological polar surface area (TPSA) is 54.3 Å². The molecule has 0 spiro atoms. The highest BCUT2D eigenvalue weighted by Gasteiger charge is 2.33. The van der Waals surface area contributed by atoms with Gasteiger partial charge in [-0.05, 0) is 54.7 Å². The molecule has 3 aromatic rings. The lowest BCUT2D eigenvalue weighted by molar-refractivity contribution is -0.122. The number of benzene rings is 3. The number of hydrazone groups is 1. The first-order valence-corrected chi connectivity index (χ1v) is 12.1. The third-order valence-corrected chi connectivity index (χ3v) is 6.03. The summed E-state index contributed by atoms with van der Waals surface area (Å²) in [6, 6.07) is 27.0. The van der Waals surface area contributed by atoms with Gasteiger partial charge in [0.1, 0.15) is 17.2 Å². The van der Waals surface area contributed by atoms with Crippen molar-refractivity contribution in [3.63, 3.8) is 0 Å². The molecule has 0 N–H and O–H groups in total. The van der Waals surface area contributed by atoms with Crippen LogP contribution in [0.15, 0.2) is 112 Å². The van der Waals surface area contributed by atoms with Crippen LogP contribution in [-0.2, 0) is 4.79 Å². The molecule has 1 aliphatic heterocycles. The van der Waals surface area contributed by atoms with Gasteiger partial charge in [-0.3, -0.25) is 4.79 Å². The zero-order chi connectivity index (χ0) is 25.1. The maximum Gasteiger partial charge on any atom is 0.298 e. The van der Waals surface area contributed by atoms with Crippen molar-refractivity contribution in [3.8, 4) is 11.5 Å². The van der Waals surface area contributed by atoms with Gasteiger partial charge in [0.05, 0.1) is 0 Å². The van der Waals surface area contributed by atoms with Crippen LogP contribution in [0.3, 0.4) is 0 Å². The van der Waals surface area contributed by atoms with Gasteiger partial charge >= 0.3 is 0 Å². The fourth-order valence-electron chi connectivity index (χ4n) is 4.72. The average molecular weight is 476 g/mol. The van der Waals surface area contributed by atoms with Gasteiger partial charge in [0.15, 0.2) is 5.84 Å². The Hall–Kier alpha value is -4.25. The molecule has 1 heterocycles. The molecule has 0 saturated heterocycles. The maximum atomic E-state index is 13.6. The van der Waals surface area contributed by atoms with Crippen molar-refractivity contribution in [1.29, 1.82) is 0 Å². The van der Waals surface area contributed by atoms with Crippen molar-refractivity contribution in [2.45, 2.75) is 33.6 Å². The Morgan fingerprint density at radius 1 is 0.944 bits per heavy atom. The van der Waals surface area contributed by atoms with E-state index in [1.165, 1.54) is 10.6 Å². The first kappa shape index (κ1) is 23.5. The number of amides is 1. The minimum absolute atomic E-state index is 0.00581. The van der Waals surface area contributed by atoms with Crippen LogP contribution >= 0.6 is 0 Å². The van der Waals surface area contributed by atoms with Crippen LogP contribution in [0, 0.1) is 5.41 Å². The van der Waals surface area contributed by atoms with Crippen LogP contribution in [-0.4, -0.2) is 22.5 Å². The molecule has 1 amide bonds. The van der Waals surface area contributed by atoms with Crippen LogP contribution in [0.1, 0.15) is 44.7 Å². The smallest absolute Gasteiger partial charge is 0.298 e. The van der Waals surface area contributed by atoms with E-state index < -0.39 is 0 Å². The number of hydrogen-bond acceptors (Lipinski definition) is 4. The number of allylic oxidation sites excluding steroid dienone is 2. The summed E-state index contributed by atoms with van der Waals surface area (Å²) >= 11 is 0. The van der Waals surface area contributed by atoms with Gasteiger partial charge in [0.2, 0.25) is 0 Å². The van der Waals surface area contributed by atoms with Gasteiger partial charge in [-0.2, -0.15) is 10.1 Å². The summed E-state index contributed by atoms with van der Waals surface area (Å²) in [6.07, 6.45) is 5.64. The van der Waals surface area contributed by atoms with Crippen molar-refractivity contribution in [3.05, 3.63) is 113 Å². The van der Waals surface area contributed by atoms with Crippen LogP contribution in [0.4, 0.5) is 0 Å². The standard InChI is InChI=1S/C31H29N3O2/c1-22-17-25(21-31(2,3)20-22)33-34-29(24-12-6-4-7-13-24)32-28(30(34)35)19-23-11-10-16-27(18-23)36-26-14-8-5-9-15-26/h4-16,18-20H,17,21H2,1-3H3. The van der Waals surface area contributed by atoms with Crippen molar-refractivity contribution < 1.29 is 9.53 Å². The number of amidine groups is 1. The molecule has 0 fully saturated rings. The molecule has 0 bridgehead atoms. The second-order valence-electron chi connectivity index (χ2n) is 9.93. The predicted molar refractivity (Wildman–Crippen MR) is 145 cm³/mol. The van der Waals surface area contributed by atoms with E-state index in [0.29, 0.717) is 17.3 Å². The zero-order valence-electron chi connectivity index (χ0n) is 20.8. The Labute approximate surface area is 212 Å². The minimum Gasteiger partial charge on any atom is -0.457 e. The van der Waals surface area contributed by atoms with Crippen LogP contribution < -0.4 is 4.74 Å². The highest BCUT2D eigenvalue weighted by atomic mass is 16.5. The lowest BCUT2D eigenvalue weighted by atomic mass is 9.79. The van der Waals surface area contributed by atoms with Crippen molar-refractivity contribution in [2.24, 2.45) is 15.5 Å². The zero-order valence-corrected chi connectivity index (χ0v) is 20.8. The number of carbonyl (C=O) groups excluding carboxylic acids is 1. The van der Waals surface area contributed by atoms with E-state index in [2.05, 4.69) is 26.8 Å². The molecule has 0 unspecified atom stereocenters. The molecule has 5 nitrogen and oxygen atoms in total. The van der Waals surface area contributed by atoms with E-state index in [-0.39, 0.29) is 11.3 Å². The Morgan fingerprint density at radius 3 is 2.36 bits per heavy atom. The first-order chi connectivity index (χ1) is 17.4. The van der Waals surface area contributed by atoms with Gasteiger partial charge in [0.25, 0.3) is 5.91 Å². The Morgan fingerprint density at radius 2 is 1.64 bits per heavy atom. The first-order valence-electron chi connectivity index (χ1n) is 12.1. The van der Waals surface area contributed by atoms with Crippen LogP contribution in [0.2, 0.25) is 0 Å². The fourth-order valence-corrected chi connectivity index (χ4v) is 4.72. The molecular weight excluding hydrogens is 446 g/mol. The van der Waals surface area contributed by atoms with Crippen molar-refractivity contribution >= 4 is 23.5 Å². The highest BCUT2D eigenvalue weighted by molar-refractivity contribution is 6.20. The number of ether oxygens (including phenoxy) is 1. The molecule has 3 aromatic carbocycles. The predicted octanol–water partition coefficient (Wildman–Crippen LogP) is 7.23. The van der Waals surface area contributed by atoms with E-state index in [1.54, 1.807) is 6.08 Å². The van der Waals surface area contributed by atoms with Crippen molar-refractivity contribution in [1.82, 2.24) is 5.01 Å². The molecule has 5 heteroatoms. The quantitative estimate of drug-likeness (QED) is 0.289. The summed E-state index contributed by atoms with van der Waals surface area (Å²) in [4.78, 5) is 18.3. The van der Waals surface area contributed by atoms with Gasteiger partial charge in [-0.15, -0.1) is 0 Å². The molecule has 0 saturated carbocycles. The number of hydrogen-bond donors (Lipinski definition) is 0. The third kappa shape index (κ3) is 5.36. The number of carbonyl (C=O) groups is 1. The second-order valence-corrected chi connectivity index (χ2v) is 9.93. The molecule has 2 aliphatic rings. The summed E-state index contributed by atoms with van der Waals surface area (Å²) in [6.45, 7) is 6.50. The lowest BCUT2D eigenvalue weighted by Crippen LogP contribution is -2.31. The lowest BCUT2D eigenvalue weighted by Gasteiger charge is -2.28. The summed E-state index contributed by atoms with van der Waals surface area (Å²) in [7, 11) is 0. The van der Waals surface area contributed by atoms with Crippen LogP contribution in [0.25, 0.3) is 6.08 Å². The van der Waals surface area contributed by atoms with E-state index in [4.69, 9.17) is 14.8 Å². The molecular formula is C31H29N3O2. The summed E-state index contributed by atoms with van der Waals surface area (Å²) in [5, 5.41) is 6.32. The van der Waals surface area contributed by atoms with E-state index >= 15 is 0 Å². The highest BCUT2D eigenvalue weighted by Crippen LogP contribution is 2.33. The Balaban J connectivity index is 1.49. The number of aliphatic imine (C=N–C) groups is 1. The average Bonchev–Trinajstić information content (AvgIpc) is 3.14. The number of nitrogens with zero attached hydrogens (tertiary/aromatic N) is 3. The SMILES string of the molecule is CC1=CC(C)(C)CC(=NN2C(=O)C(=Cc3cccc(Oc4ccccc4)c3)N=C2c2ccccc2)C1. The number of para-hydroxylation sites is 1. The van der Waals surface area contributed by atoms with Gasteiger partial charge < -0.3 is 4.74 Å². The molecule has 1 aliphatic carbocycles. The molecule has 0 atom stereocenters. The largest absolute Gasteiger partial charge is 0.457 e. The second kappa shape index (κ2) is 9.78. The molecule has 36 heavy (non-hydrogen) atoms. The van der Waals surface area contributed by atoms with Gasteiger partial charge in [-0.1, -0.05) is 86.2 Å². The fraction of sp³-hybridized carbons (Fsp3) is 0.194. The summed E-state index contributed by atoms with van der Waals surface area (Å²) in [5.74, 6) is 1.75. The normalized spacial score (nSPS) is 19.4. The molecule has 5 rings (SSSR count). The van der Waals surface area contributed by atoms with E-state index in [1.807, 2.05) is 84.9 Å².